The second-order valence-electron chi connectivity index (χ2n) is 4.16. The molecule has 1 aromatic rings. The molecule has 0 aromatic heterocycles. The lowest BCUT2D eigenvalue weighted by Crippen LogP contribution is -2.28. The van der Waals surface area contributed by atoms with Gasteiger partial charge in [0, 0.05) is 38.0 Å². The highest BCUT2D eigenvalue weighted by Crippen LogP contribution is 2.40. The van der Waals surface area contributed by atoms with Gasteiger partial charge in [-0.3, -0.25) is 0 Å². The summed E-state index contributed by atoms with van der Waals surface area (Å²) in [5, 5.41) is 3.30. The number of benzene rings is 1. The van der Waals surface area contributed by atoms with Gasteiger partial charge in [0.1, 0.15) is 0 Å². The number of hydrogen-bond donors (Lipinski definition) is 1. The summed E-state index contributed by atoms with van der Waals surface area (Å²) in [5.41, 5.74) is 1.03. The third-order valence-corrected chi connectivity index (χ3v) is 2.96. The Morgan fingerprint density at radius 2 is 1.63 bits per heavy atom. The monoisotopic (exact) mass is 268 g/mol. The average Bonchev–Trinajstić information content (AvgIpc) is 2.45. The SMILES string of the molecule is CCNCCN(C)c1cc(OC)c(OC)c(OC)c1. The van der Waals surface area contributed by atoms with E-state index in [1.54, 1.807) is 21.3 Å². The first-order chi connectivity index (χ1) is 9.17. The van der Waals surface area contributed by atoms with E-state index in [-0.39, 0.29) is 0 Å². The van der Waals surface area contributed by atoms with Crippen LogP contribution in [0.4, 0.5) is 5.69 Å². The topological polar surface area (TPSA) is 43.0 Å². The number of anilines is 1. The maximum Gasteiger partial charge on any atom is 0.203 e. The number of nitrogens with zero attached hydrogens (tertiary/aromatic N) is 1. The first-order valence-corrected chi connectivity index (χ1v) is 6.39. The van der Waals surface area contributed by atoms with Crippen molar-refractivity contribution in [2.75, 3.05) is 52.9 Å². The number of rotatable bonds is 8. The van der Waals surface area contributed by atoms with E-state index in [9.17, 15) is 0 Å². The number of likely N-dealkylation sites (N-methyl/N-ethyl adjacent to an activating group) is 2. The van der Waals surface area contributed by atoms with Crippen molar-refractivity contribution < 1.29 is 14.2 Å². The highest BCUT2D eigenvalue weighted by Gasteiger charge is 2.14. The van der Waals surface area contributed by atoms with Crippen molar-refractivity contribution >= 4 is 5.69 Å². The summed E-state index contributed by atoms with van der Waals surface area (Å²) in [6.07, 6.45) is 0. The van der Waals surface area contributed by atoms with E-state index in [0.717, 1.165) is 25.3 Å². The Balaban J connectivity index is 2.95. The van der Waals surface area contributed by atoms with Gasteiger partial charge in [-0.2, -0.15) is 0 Å². The summed E-state index contributed by atoms with van der Waals surface area (Å²) in [6, 6.07) is 3.90. The van der Waals surface area contributed by atoms with E-state index in [1.165, 1.54) is 0 Å². The van der Waals surface area contributed by atoms with Crippen LogP contribution in [0.15, 0.2) is 12.1 Å². The van der Waals surface area contributed by atoms with Crippen LogP contribution in [-0.2, 0) is 0 Å². The number of hydrogen-bond acceptors (Lipinski definition) is 5. The normalized spacial score (nSPS) is 10.2. The van der Waals surface area contributed by atoms with E-state index in [0.29, 0.717) is 17.2 Å². The highest BCUT2D eigenvalue weighted by molar-refractivity contribution is 5.63. The van der Waals surface area contributed by atoms with Crippen molar-refractivity contribution in [3.63, 3.8) is 0 Å². The van der Waals surface area contributed by atoms with Crippen LogP contribution in [0.2, 0.25) is 0 Å². The molecule has 0 heterocycles. The largest absolute Gasteiger partial charge is 0.493 e. The molecule has 0 spiro atoms. The molecule has 0 saturated heterocycles. The Labute approximate surface area is 115 Å². The van der Waals surface area contributed by atoms with Crippen molar-refractivity contribution in [2.24, 2.45) is 0 Å². The van der Waals surface area contributed by atoms with Crippen molar-refractivity contribution in [1.29, 1.82) is 0 Å². The molecule has 1 rings (SSSR count). The van der Waals surface area contributed by atoms with Crippen LogP contribution in [0.3, 0.4) is 0 Å². The Morgan fingerprint density at radius 1 is 1.05 bits per heavy atom. The molecule has 0 bridgehead atoms. The summed E-state index contributed by atoms with van der Waals surface area (Å²) in [4.78, 5) is 2.15. The molecule has 19 heavy (non-hydrogen) atoms. The molecular weight excluding hydrogens is 244 g/mol. The second-order valence-corrected chi connectivity index (χ2v) is 4.16. The zero-order chi connectivity index (χ0) is 14.3. The standard InChI is InChI=1S/C14H24N2O3/c1-6-15-7-8-16(2)11-9-12(17-3)14(19-5)13(10-11)18-4/h9-10,15H,6-8H2,1-5H3. The minimum absolute atomic E-state index is 0.619. The maximum absolute atomic E-state index is 5.35. The molecule has 0 aliphatic carbocycles. The van der Waals surface area contributed by atoms with E-state index in [4.69, 9.17) is 14.2 Å². The predicted octanol–water partition coefficient (Wildman–Crippen LogP) is 1.76. The van der Waals surface area contributed by atoms with E-state index in [2.05, 4.69) is 17.1 Å². The molecule has 0 fully saturated rings. The lowest BCUT2D eigenvalue weighted by atomic mass is 10.2. The zero-order valence-electron chi connectivity index (χ0n) is 12.4. The summed E-state index contributed by atoms with van der Waals surface area (Å²) in [5.74, 6) is 1.97. The molecule has 0 atom stereocenters. The van der Waals surface area contributed by atoms with Gasteiger partial charge in [0.15, 0.2) is 11.5 Å². The number of methoxy groups -OCH3 is 3. The van der Waals surface area contributed by atoms with Gasteiger partial charge in [-0.25, -0.2) is 0 Å². The molecule has 1 N–H and O–H groups in total. The minimum Gasteiger partial charge on any atom is -0.493 e. The first-order valence-electron chi connectivity index (χ1n) is 6.39. The first kappa shape index (κ1) is 15.4. The van der Waals surface area contributed by atoms with Gasteiger partial charge in [0.25, 0.3) is 0 Å². The molecule has 0 radical (unpaired) electrons. The fraction of sp³-hybridized carbons (Fsp3) is 0.571. The fourth-order valence-electron chi connectivity index (χ4n) is 1.84. The lowest BCUT2D eigenvalue weighted by molar-refractivity contribution is 0.324. The molecule has 1 aromatic carbocycles. The highest BCUT2D eigenvalue weighted by atomic mass is 16.5. The van der Waals surface area contributed by atoms with E-state index >= 15 is 0 Å². The quantitative estimate of drug-likeness (QED) is 0.728. The fourth-order valence-corrected chi connectivity index (χ4v) is 1.84. The van der Waals surface area contributed by atoms with Crippen LogP contribution < -0.4 is 24.4 Å². The number of nitrogens with one attached hydrogen (secondary N) is 1. The van der Waals surface area contributed by atoms with Gasteiger partial charge in [0.2, 0.25) is 5.75 Å². The third-order valence-electron chi connectivity index (χ3n) is 2.96. The van der Waals surface area contributed by atoms with Crippen LogP contribution in [0, 0.1) is 0 Å². The average molecular weight is 268 g/mol. The van der Waals surface area contributed by atoms with Crippen LogP contribution >= 0.6 is 0 Å². The second kappa shape index (κ2) is 7.74. The molecule has 0 unspecified atom stereocenters. The van der Waals surface area contributed by atoms with Crippen LogP contribution in [0.25, 0.3) is 0 Å². The molecule has 5 nitrogen and oxygen atoms in total. The Morgan fingerprint density at radius 3 is 2.05 bits per heavy atom. The van der Waals surface area contributed by atoms with Gasteiger partial charge < -0.3 is 24.4 Å². The van der Waals surface area contributed by atoms with Crippen molar-refractivity contribution in [3.8, 4) is 17.2 Å². The van der Waals surface area contributed by atoms with Crippen LogP contribution in [-0.4, -0.2) is 48.0 Å². The van der Waals surface area contributed by atoms with Crippen molar-refractivity contribution in [3.05, 3.63) is 12.1 Å². The molecule has 0 aliphatic heterocycles. The minimum atomic E-state index is 0.619. The Hall–Kier alpha value is -1.62. The van der Waals surface area contributed by atoms with Gasteiger partial charge in [-0.05, 0) is 6.54 Å². The maximum atomic E-state index is 5.35. The Bertz CT molecular complexity index is 371. The Kier molecular flexibility index (Phi) is 6.29. The summed E-state index contributed by atoms with van der Waals surface area (Å²) < 4.78 is 16.0. The van der Waals surface area contributed by atoms with Gasteiger partial charge in [0.05, 0.1) is 21.3 Å². The molecular formula is C14H24N2O3. The van der Waals surface area contributed by atoms with Gasteiger partial charge in [-0.1, -0.05) is 6.92 Å². The lowest BCUT2D eigenvalue weighted by Gasteiger charge is -2.22. The van der Waals surface area contributed by atoms with Gasteiger partial charge in [-0.15, -0.1) is 0 Å². The van der Waals surface area contributed by atoms with Crippen LogP contribution in [0.5, 0.6) is 17.2 Å². The van der Waals surface area contributed by atoms with E-state index in [1.807, 2.05) is 19.2 Å². The smallest absolute Gasteiger partial charge is 0.203 e. The summed E-state index contributed by atoms with van der Waals surface area (Å²) in [7, 11) is 6.90. The molecule has 0 amide bonds. The zero-order valence-corrected chi connectivity index (χ0v) is 12.4. The number of ether oxygens (including phenoxy) is 3. The summed E-state index contributed by atoms with van der Waals surface area (Å²) in [6.45, 7) is 4.92. The predicted molar refractivity (Wildman–Crippen MR) is 77.9 cm³/mol. The van der Waals surface area contributed by atoms with Crippen LogP contribution in [0.1, 0.15) is 6.92 Å². The summed E-state index contributed by atoms with van der Waals surface area (Å²) >= 11 is 0. The van der Waals surface area contributed by atoms with E-state index < -0.39 is 0 Å². The molecule has 0 saturated carbocycles. The van der Waals surface area contributed by atoms with Crippen molar-refractivity contribution in [2.45, 2.75) is 6.92 Å². The molecule has 108 valence electrons. The molecule has 5 heteroatoms. The van der Waals surface area contributed by atoms with Crippen molar-refractivity contribution in [1.82, 2.24) is 5.32 Å². The van der Waals surface area contributed by atoms with Gasteiger partial charge >= 0.3 is 0 Å². The third kappa shape index (κ3) is 3.92. The molecule has 0 aliphatic rings.